The number of aromatic carboxylic acids is 1. The first-order valence-corrected chi connectivity index (χ1v) is 25.4. The highest BCUT2D eigenvalue weighted by atomic mass is 35.5. The van der Waals surface area contributed by atoms with Crippen LogP contribution in [0.25, 0.3) is 0 Å². The Kier molecular flexibility index (Phi) is 15.9. The minimum atomic E-state index is -1.06. The van der Waals surface area contributed by atoms with Crippen molar-refractivity contribution in [1.29, 1.82) is 0 Å². The number of likely N-dealkylation sites (tertiary alicyclic amines) is 4. The molecule has 4 aliphatic heterocycles. The summed E-state index contributed by atoms with van der Waals surface area (Å²) in [5, 5.41) is 14.6. The molecule has 2 aromatic carbocycles. The van der Waals surface area contributed by atoms with Crippen LogP contribution in [0.5, 0.6) is 0 Å². The Hall–Kier alpha value is -6.24. The molecule has 4 saturated heterocycles. The van der Waals surface area contributed by atoms with Crippen LogP contribution in [-0.2, 0) is 27.3 Å². The van der Waals surface area contributed by atoms with Crippen molar-refractivity contribution in [2.75, 3.05) is 70.8 Å². The zero-order chi connectivity index (χ0) is 51.5. The first kappa shape index (κ1) is 51.7. The molecule has 4 fully saturated rings. The van der Waals surface area contributed by atoms with Gasteiger partial charge in [0.05, 0.1) is 50.8 Å². The second-order valence-electron chi connectivity index (χ2n) is 17.6. The molecule has 8 heterocycles. The number of aromatic nitrogens is 4. The fourth-order valence-corrected chi connectivity index (χ4v) is 11.4. The van der Waals surface area contributed by atoms with Crippen LogP contribution in [0.3, 0.4) is 0 Å². The molecule has 4 atom stereocenters. The van der Waals surface area contributed by atoms with Crippen LogP contribution in [0.4, 0.5) is 30.7 Å². The maximum Gasteiger partial charge on any atom is 0.338 e. The summed E-state index contributed by atoms with van der Waals surface area (Å²) in [7, 11) is 4.46. The largest absolute Gasteiger partial charge is 0.478 e. The third-order valence-electron chi connectivity index (χ3n) is 13.1. The molecule has 2 amide bonds. The number of anilines is 4. The van der Waals surface area contributed by atoms with Gasteiger partial charge in [-0.05, 0) is 61.4 Å². The minimum absolute atomic E-state index is 0.0101. The second kappa shape index (κ2) is 22.5. The summed E-state index contributed by atoms with van der Waals surface area (Å²) >= 11 is 14.6. The smallest absolute Gasteiger partial charge is 0.338 e. The van der Waals surface area contributed by atoms with Gasteiger partial charge in [-0.25, -0.2) is 38.3 Å². The lowest BCUT2D eigenvalue weighted by Crippen LogP contribution is -2.48. The van der Waals surface area contributed by atoms with Crippen LogP contribution in [0, 0.1) is 11.6 Å². The van der Waals surface area contributed by atoms with E-state index in [0.29, 0.717) is 78.1 Å². The molecule has 0 radical (unpaired) electrons. The topological polar surface area (TPSA) is 187 Å². The van der Waals surface area contributed by atoms with Gasteiger partial charge in [-0.2, -0.15) is 0 Å². The second-order valence-corrected chi connectivity index (χ2v) is 20.2. The molecular formula is C49H48Cl2F2N10O8S2. The summed E-state index contributed by atoms with van der Waals surface area (Å²) in [5.74, 6) is -2.68. The summed E-state index contributed by atoms with van der Waals surface area (Å²) in [6.45, 7) is 3.40. The lowest BCUT2D eigenvalue weighted by molar-refractivity contribution is 0.0590. The predicted octanol–water partition coefficient (Wildman–Crippen LogP) is 7.83. The monoisotopic (exact) mass is 1080 g/mol. The van der Waals surface area contributed by atoms with E-state index in [1.54, 1.807) is 76.5 Å². The van der Waals surface area contributed by atoms with Gasteiger partial charge in [0.25, 0.3) is 11.8 Å². The summed E-state index contributed by atoms with van der Waals surface area (Å²) in [4.78, 5) is 79.9. The van der Waals surface area contributed by atoms with Gasteiger partial charge in [0, 0.05) is 101 Å². The van der Waals surface area contributed by atoms with Gasteiger partial charge in [0.15, 0.2) is 21.9 Å². The zero-order valence-electron chi connectivity index (χ0n) is 39.6. The number of carbonyl (C=O) groups excluding carboxylic acids is 3. The van der Waals surface area contributed by atoms with Crippen molar-refractivity contribution in [3.63, 3.8) is 0 Å². The number of thiazole rings is 2. The van der Waals surface area contributed by atoms with Crippen molar-refractivity contribution < 1.29 is 47.3 Å². The number of halogens is 4. The highest BCUT2D eigenvalue weighted by molar-refractivity contribution is 7.14. The number of carboxylic acid groups (broad SMARTS) is 1. The van der Waals surface area contributed by atoms with Crippen molar-refractivity contribution >= 4 is 91.5 Å². The first-order chi connectivity index (χ1) is 35.2. The van der Waals surface area contributed by atoms with Crippen LogP contribution in [0.15, 0.2) is 83.8 Å². The molecule has 10 rings (SSSR count). The number of hydrogen-bond acceptors (Lipinski definition) is 17. The van der Waals surface area contributed by atoms with Crippen molar-refractivity contribution in [1.82, 2.24) is 39.5 Å². The number of carboxylic acids is 1. The number of esters is 1. The summed E-state index contributed by atoms with van der Waals surface area (Å²) in [5.41, 5.74) is 1.73. The van der Waals surface area contributed by atoms with E-state index in [1.807, 2.05) is 10.8 Å². The van der Waals surface area contributed by atoms with Crippen LogP contribution in [0.1, 0.15) is 65.7 Å². The molecule has 1 N–H and O–H groups in total. The maximum atomic E-state index is 14.5. The molecule has 4 aliphatic rings. The maximum absolute atomic E-state index is 14.5. The van der Waals surface area contributed by atoms with Crippen molar-refractivity contribution in [3.8, 4) is 0 Å². The Balaban J connectivity index is 0.000000180. The third-order valence-corrected chi connectivity index (χ3v) is 15.3. The standard InChI is InChI=1S/C25H25ClFN5O4S.C24H23ClFN5O4S/c1-35-14-32(25-28-6-7-37-25)21-9-15(24(34)36-2)8-16(29-21)11-30-12-18-10-17(30)13-31(18)23(33)19-4-3-5-20(26)22(19)27;1-35-13-31(24-27-5-6-36-24)20-8-14(23(33)34)7-15(28-20)10-29-11-17-9-16(29)12-30(17)22(32)18-3-2-4-19(25)21(18)26/h3-9,17-18H,10-14H2,1-2H3;2-8,16-17H,9-13H2,1H3,(H,33,34)/t17-,18-;16-,17-/m11/s1. The molecule has 4 bridgehead atoms. The molecule has 382 valence electrons. The van der Waals surface area contributed by atoms with Gasteiger partial charge in [-0.15, -0.1) is 22.7 Å². The number of benzene rings is 2. The highest BCUT2D eigenvalue weighted by Crippen LogP contribution is 2.37. The van der Waals surface area contributed by atoms with Crippen LogP contribution in [0.2, 0.25) is 10.0 Å². The zero-order valence-corrected chi connectivity index (χ0v) is 42.7. The molecule has 0 unspecified atom stereocenters. The van der Waals surface area contributed by atoms with E-state index in [1.165, 1.54) is 60.1 Å². The Morgan fingerprint density at radius 2 is 1.12 bits per heavy atom. The summed E-state index contributed by atoms with van der Waals surface area (Å²) < 4.78 is 44.5. The molecular weight excluding hydrogens is 1030 g/mol. The molecule has 4 aromatic heterocycles. The molecule has 0 spiro atoms. The number of ether oxygens (including phenoxy) is 3. The number of amides is 2. The minimum Gasteiger partial charge on any atom is -0.478 e. The molecule has 0 saturated carbocycles. The average molecular weight is 1080 g/mol. The first-order valence-electron chi connectivity index (χ1n) is 22.9. The molecule has 0 aliphatic carbocycles. The van der Waals surface area contributed by atoms with Crippen molar-refractivity contribution in [2.24, 2.45) is 0 Å². The van der Waals surface area contributed by atoms with Crippen molar-refractivity contribution in [3.05, 3.63) is 139 Å². The van der Waals surface area contributed by atoms with E-state index < -0.39 is 23.6 Å². The van der Waals surface area contributed by atoms with Gasteiger partial charge < -0.3 is 29.1 Å². The normalized spacial score (nSPS) is 19.0. The van der Waals surface area contributed by atoms with Crippen LogP contribution < -0.4 is 9.80 Å². The highest BCUT2D eigenvalue weighted by Gasteiger charge is 2.47. The SMILES string of the molecule is COCN(c1cc(C(=O)O)cc(CN2C[C@H]3C[C@@H]2CN3C(=O)c2cccc(Cl)c2F)n1)c1nccs1.COCN(c1cc(C(=O)OC)cc(CN2C[C@H]3C[C@@H]2CN3C(=O)c2cccc(Cl)c2F)n1)c1nccs1. The van der Waals surface area contributed by atoms with Gasteiger partial charge >= 0.3 is 11.9 Å². The van der Waals surface area contributed by atoms with Gasteiger partial charge in [-0.1, -0.05) is 35.3 Å². The van der Waals surface area contributed by atoms with Gasteiger partial charge in [0.2, 0.25) is 0 Å². The average Bonchev–Trinajstić information content (AvgIpc) is 4.27. The van der Waals surface area contributed by atoms with Gasteiger partial charge in [-0.3, -0.25) is 29.2 Å². The van der Waals surface area contributed by atoms with E-state index >= 15 is 0 Å². The molecule has 6 aromatic rings. The molecule has 24 heteroatoms. The number of pyridine rings is 2. The lowest BCUT2D eigenvalue weighted by atomic mass is 10.1. The molecule has 73 heavy (non-hydrogen) atoms. The van der Waals surface area contributed by atoms with Crippen molar-refractivity contribution in [2.45, 2.75) is 50.1 Å². The Bertz CT molecular complexity index is 3000. The number of carbonyl (C=O) groups is 4. The number of fused-ring (bicyclic) bond motifs is 4. The fraction of sp³-hybridized carbons (Fsp3) is 0.347. The number of piperazine rings is 2. The van der Waals surface area contributed by atoms with Crippen LogP contribution in [-0.4, -0.2) is 154 Å². The Morgan fingerprint density at radius 1 is 0.671 bits per heavy atom. The Morgan fingerprint density at radius 3 is 1.51 bits per heavy atom. The summed E-state index contributed by atoms with van der Waals surface area (Å²) in [6.07, 6.45) is 4.89. The van der Waals surface area contributed by atoms with E-state index in [0.717, 1.165) is 12.8 Å². The van der Waals surface area contributed by atoms with E-state index in [9.17, 15) is 33.1 Å². The third kappa shape index (κ3) is 11.0. The quantitative estimate of drug-likeness (QED) is 0.0729. The lowest BCUT2D eigenvalue weighted by Gasteiger charge is -2.34. The summed E-state index contributed by atoms with van der Waals surface area (Å²) in [6, 6.07) is 15.4. The number of nitrogens with zero attached hydrogens (tertiary/aromatic N) is 10. The Labute approximate surface area is 436 Å². The fourth-order valence-electron chi connectivity index (χ4n) is 9.78. The predicted molar refractivity (Wildman–Crippen MR) is 269 cm³/mol. The van der Waals surface area contributed by atoms with Crippen LogP contribution >= 0.6 is 45.9 Å². The number of hydrogen-bond donors (Lipinski definition) is 1. The van der Waals surface area contributed by atoms with E-state index in [2.05, 4.69) is 19.8 Å². The van der Waals surface area contributed by atoms with E-state index in [-0.39, 0.29) is 76.2 Å². The van der Waals surface area contributed by atoms with E-state index in [4.69, 9.17) is 47.4 Å². The number of methoxy groups -OCH3 is 3. The van der Waals surface area contributed by atoms with Gasteiger partial charge in [0.1, 0.15) is 25.1 Å². The number of rotatable bonds is 16. The molecule has 18 nitrogen and oxygen atoms in total.